The fourth-order valence-corrected chi connectivity index (χ4v) is 7.60. The Bertz CT molecular complexity index is 898. The van der Waals surface area contributed by atoms with Crippen LogP contribution in [0.3, 0.4) is 0 Å². The van der Waals surface area contributed by atoms with Crippen molar-refractivity contribution in [3.63, 3.8) is 0 Å². The number of aromatic nitrogens is 2. The molecule has 1 aromatic heterocycles. The first-order valence-electron chi connectivity index (χ1n) is 12.9. The highest BCUT2D eigenvalue weighted by molar-refractivity contribution is 5.95. The van der Waals surface area contributed by atoms with Crippen LogP contribution in [0.1, 0.15) is 92.6 Å². The fraction of sp³-hybridized carbons (Fsp3) is 0.760. The van der Waals surface area contributed by atoms with E-state index in [1.807, 2.05) is 0 Å². The van der Waals surface area contributed by atoms with Crippen LogP contribution in [-0.2, 0) is 4.79 Å². The summed E-state index contributed by atoms with van der Waals surface area (Å²) in [7, 11) is 0. The number of hydrogen-bond donors (Lipinski definition) is 3. The smallest absolute Gasteiger partial charge is 0.254 e. The summed E-state index contributed by atoms with van der Waals surface area (Å²) < 4.78 is 0. The summed E-state index contributed by atoms with van der Waals surface area (Å²) in [5.41, 5.74) is 1.52. The first-order valence-corrected chi connectivity index (χ1v) is 12.9. The summed E-state index contributed by atoms with van der Waals surface area (Å²) >= 11 is 0. The zero-order chi connectivity index (χ0) is 21.7. The fourth-order valence-electron chi connectivity index (χ4n) is 7.60. The van der Waals surface area contributed by atoms with E-state index in [1.165, 1.54) is 51.4 Å². The molecule has 32 heavy (non-hydrogen) atoms. The Balaban J connectivity index is 1.24. The quantitative estimate of drug-likeness (QED) is 0.656. The average molecular weight is 438 g/mol. The summed E-state index contributed by atoms with van der Waals surface area (Å²) in [5.74, 6) is 3.76. The van der Waals surface area contributed by atoms with Crippen LogP contribution in [0.25, 0.3) is 0 Å². The maximum atomic E-state index is 13.6. The van der Waals surface area contributed by atoms with Gasteiger partial charge in [-0.05, 0) is 68.6 Å². The van der Waals surface area contributed by atoms with E-state index in [1.54, 1.807) is 6.20 Å². The molecule has 0 spiro atoms. The first kappa shape index (κ1) is 20.4. The van der Waals surface area contributed by atoms with Crippen LogP contribution in [0.2, 0.25) is 0 Å². The molecule has 7 heteroatoms. The molecule has 7 nitrogen and oxygen atoms in total. The zero-order valence-corrected chi connectivity index (χ0v) is 18.8. The summed E-state index contributed by atoms with van der Waals surface area (Å²) in [4.78, 5) is 34.8. The van der Waals surface area contributed by atoms with Gasteiger partial charge in [0.05, 0.1) is 11.3 Å². The topological polar surface area (TPSA) is 96.0 Å². The highest BCUT2D eigenvalue weighted by Gasteiger charge is 2.49. The molecule has 3 N–H and O–H groups in total. The molecule has 5 fully saturated rings. The molecule has 5 unspecified atom stereocenters. The molecule has 4 saturated carbocycles. The molecule has 0 radical (unpaired) electrons. The van der Waals surface area contributed by atoms with E-state index in [4.69, 9.17) is 4.98 Å². The summed E-state index contributed by atoms with van der Waals surface area (Å²) in [6, 6.07) is 0.0253. The Labute approximate surface area is 189 Å². The molecule has 1 aromatic rings. The summed E-state index contributed by atoms with van der Waals surface area (Å²) in [6.07, 6.45) is 14.9. The van der Waals surface area contributed by atoms with Gasteiger partial charge in [0.2, 0.25) is 11.9 Å². The van der Waals surface area contributed by atoms with Gasteiger partial charge in [0.1, 0.15) is 6.04 Å². The zero-order valence-electron chi connectivity index (χ0n) is 18.8. The third kappa shape index (κ3) is 3.67. The van der Waals surface area contributed by atoms with Gasteiger partial charge in [-0.3, -0.25) is 9.59 Å². The number of hydrogen-bond acceptors (Lipinski definition) is 5. The maximum absolute atomic E-state index is 13.6. The Hall–Kier alpha value is -2.18. The normalized spacial score (nSPS) is 36.2. The monoisotopic (exact) mass is 437 g/mol. The Morgan fingerprint density at radius 1 is 1.00 bits per heavy atom. The molecule has 2 heterocycles. The van der Waals surface area contributed by atoms with Crippen LogP contribution in [-0.4, -0.2) is 40.4 Å². The van der Waals surface area contributed by atoms with Crippen LogP contribution in [0.15, 0.2) is 6.20 Å². The number of nitrogens with one attached hydrogen (secondary N) is 3. The lowest BCUT2D eigenvalue weighted by Crippen LogP contribution is -2.43. The third-order valence-electron chi connectivity index (χ3n) is 9.06. The molecule has 172 valence electrons. The van der Waals surface area contributed by atoms with Crippen LogP contribution >= 0.6 is 0 Å². The van der Waals surface area contributed by atoms with Gasteiger partial charge in [-0.2, -0.15) is 0 Å². The largest absolute Gasteiger partial charge is 0.354 e. The number of carbonyl (C=O) groups excluding carboxylic acids is 2. The Morgan fingerprint density at radius 2 is 1.84 bits per heavy atom. The molecule has 1 saturated heterocycles. The van der Waals surface area contributed by atoms with Gasteiger partial charge in [-0.1, -0.05) is 25.7 Å². The van der Waals surface area contributed by atoms with E-state index in [0.29, 0.717) is 41.9 Å². The SMILES string of the molecule is O=C(N[C@H]1C2CC3CCCC1C(C3)C2)c1cnc(NC2CCNC2=O)nc1C1CCCC1. The second kappa shape index (κ2) is 8.31. The van der Waals surface area contributed by atoms with E-state index in [9.17, 15) is 9.59 Å². The second-order valence-electron chi connectivity index (χ2n) is 10.9. The summed E-state index contributed by atoms with van der Waals surface area (Å²) in [6.45, 7) is 0.679. The van der Waals surface area contributed by atoms with E-state index in [-0.39, 0.29) is 17.9 Å². The maximum Gasteiger partial charge on any atom is 0.254 e. The van der Waals surface area contributed by atoms with E-state index in [0.717, 1.165) is 36.8 Å². The van der Waals surface area contributed by atoms with E-state index < -0.39 is 0 Å². The minimum atomic E-state index is -0.289. The van der Waals surface area contributed by atoms with Crippen molar-refractivity contribution in [3.05, 3.63) is 17.5 Å². The van der Waals surface area contributed by atoms with Gasteiger partial charge < -0.3 is 16.0 Å². The van der Waals surface area contributed by atoms with Crippen molar-refractivity contribution < 1.29 is 9.59 Å². The van der Waals surface area contributed by atoms with Crippen LogP contribution in [0.4, 0.5) is 5.95 Å². The number of amides is 2. The van der Waals surface area contributed by atoms with Crippen molar-refractivity contribution in [1.29, 1.82) is 0 Å². The van der Waals surface area contributed by atoms with Crippen molar-refractivity contribution in [2.24, 2.45) is 23.7 Å². The second-order valence-corrected chi connectivity index (χ2v) is 10.9. The number of carbonyl (C=O) groups is 2. The van der Waals surface area contributed by atoms with Gasteiger partial charge in [0.25, 0.3) is 5.91 Å². The number of rotatable bonds is 5. The lowest BCUT2D eigenvalue weighted by Gasteiger charge is -2.30. The molecule has 2 amide bonds. The number of nitrogens with zero attached hydrogens (tertiary/aromatic N) is 2. The van der Waals surface area contributed by atoms with Crippen molar-refractivity contribution in [2.45, 2.75) is 88.6 Å². The molecular formula is C25H35N5O2. The predicted molar refractivity (Wildman–Crippen MR) is 121 cm³/mol. The van der Waals surface area contributed by atoms with Crippen molar-refractivity contribution in [2.75, 3.05) is 11.9 Å². The van der Waals surface area contributed by atoms with Crippen molar-refractivity contribution >= 4 is 17.8 Å². The molecule has 1 aliphatic heterocycles. The molecular weight excluding hydrogens is 402 g/mol. The lowest BCUT2D eigenvalue weighted by molar-refractivity contribution is -0.119. The van der Waals surface area contributed by atoms with Gasteiger partial charge in [0, 0.05) is 24.7 Å². The minimum Gasteiger partial charge on any atom is -0.354 e. The van der Waals surface area contributed by atoms with E-state index >= 15 is 0 Å². The van der Waals surface area contributed by atoms with Crippen LogP contribution in [0, 0.1) is 23.7 Å². The lowest BCUT2D eigenvalue weighted by atomic mass is 9.79. The van der Waals surface area contributed by atoms with Crippen LogP contribution in [0.5, 0.6) is 0 Å². The highest BCUT2D eigenvalue weighted by atomic mass is 16.2. The summed E-state index contributed by atoms with van der Waals surface area (Å²) in [5, 5.41) is 9.51. The standard InChI is InChI=1S/C25H35N5O2/c31-23(29-22-17-11-14-4-3-7-18(22)16(10-14)12-17)19-13-27-25(28-20-8-9-26-24(20)32)30-21(19)15-5-1-2-6-15/h13-18,20,22H,1-12H2,(H,26,32)(H,29,31)(H,27,28,30)/t14?,16?,17?,18?,20?,22-/m0/s1. The van der Waals surface area contributed by atoms with Crippen LogP contribution < -0.4 is 16.0 Å². The van der Waals surface area contributed by atoms with Crippen molar-refractivity contribution in [3.8, 4) is 0 Å². The third-order valence-corrected chi connectivity index (χ3v) is 9.06. The molecule has 5 aliphatic rings. The molecule has 0 aromatic carbocycles. The first-order chi connectivity index (χ1) is 15.7. The Morgan fingerprint density at radius 3 is 2.66 bits per heavy atom. The van der Waals surface area contributed by atoms with E-state index in [2.05, 4.69) is 20.9 Å². The van der Waals surface area contributed by atoms with Gasteiger partial charge in [-0.15, -0.1) is 0 Å². The van der Waals surface area contributed by atoms with Gasteiger partial charge in [0.15, 0.2) is 0 Å². The number of fused-ring (bicyclic) bond motifs is 2. The molecule has 6 atom stereocenters. The van der Waals surface area contributed by atoms with Gasteiger partial charge >= 0.3 is 0 Å². The predicted octanol–water partition coefficient (Wildman–Crippen LogP) is 3.38. The number of anilines is 1. The van der Waals surface area contributed by atoms with Crippen molar-refractivity contribution in [1.82, 2.24) is 20.6 Å². The average Bonchev–Trinajstić information content (AvgIpc) is 3.49. The molecule has 6 rings (SSSR count). The molecule has 4 aliphatic carbocycles. The molecule has 3 bridgehead atoms. The Kier molecular flexibility index (Phi) is 5.30. The van der Waals surface area contributed by atoms with Gasteiger partial charge in [-0.25, -0.2) is 9.97 Å². The minimum absolute atomic E-state index is 0.00373. The highest BCUT2D eigenvalue weighted by Crippen LogP contribution is 2.53.